The number of aromatic hydroxyl groups is 1. The lowest BCUT2D eigenvalue weighted by Crippen LogP contribution is -1.92. The van der Waals surface area contributed by atoms with Gasteiger partial charge in [-0.2, -0.15) is 0 Å². The molecule has 1 aromatic rings. The summed E-state index contributed by atoms with van der Waals surface area (Å²) in [4.78, 5) is 0. The van der Waals surface area contributed by atoms with Crippen LogP contribution in [0.3, 0.4) is 0 Å². The van der Waals surface area contributed by atoms with Gasteiger partial charge in [-0.05, 0) is 18.6 Å². The van der Waals surface area contributed by atoms with Gasteiger partial charge in [0.2, 0.25) is 0 Å². The van der Waals surface area contributed by atoms with E-state index in [0.717, 1.165) is 11.1 Å². The van der Waals surface area contributed by atoms with Crippen LogP contribution in [0.1, 0.15) is 24.2 Å². The first-order valence-electron chi connectivity index (χ1n) is 5.64. The fourth-order valence-corrected chi connectivity index (χ4v) is 1.83. The first-order chi connectivity index (χ1) is 8.18. The number of aliphatic hydroxyl groups excluding tert-OH is 1. The average Bonchev–Trinajstić information content (AvgIpc) is 2.69. The molecule has 1 aromatic carbocycles. The minimum absolute atomic E-state index is 0.115. The van der Waals surface area contributed by atoms with Crippen LogP contribution in [0.5, 0.6) is 5.75 Å². The number of aliphatic hydroxyl groups is 1. The van der Waals surface area contributed by atoms with Gasteiger partial charge in [-0.1, -0.05) is 36.4 Å². The Morgan fingerprint density at radius 2 is 2.24 bits per heavy atom. The second-order valence-corrected chi connectivity index (χ2v) is 4.09. The highest BCUT2D eigenvalue weighted by molar-refractivity contribution is 5.43. The van der Waals surface area contributed by atoms with Crippen molar-refractivity contribution in [3.8, 4) is 5.75 Å². The standard InChI is InChI=1S/C14H16O3/c1-10(15)5-2-3-8-14-11-6-4-7-13(16)12(11)9-17-14/h2-8,10,14-16H,9H2,1H3/b5-2+,8-3+. The Hall–Kier alpha value is -1.58. The van der Waals surface area contributed by atoms with Crippen LogP contribution in [0.2, 0.25) is 0 Å². The maximum Gasteiger partial charge on any atom is 0.121 e. The normalized spacial score (nSPS) is 21.2. The van der Waals surface area contributed by atoms with E-state index in [0.29, 0.717) is 6.61 Å². The molecular weight excluding hydrogens is 216 g/mol. The van der Waals surface area contributed by atoms with Crippen LogP contribution in [-0.2, 0) is 11.3 Å². The van der Waals surface area contributed by atoms with Crippen molar-refractivity contribution in [1.29, 1.82) is 0 Å². The molecule has 0 aromatic heterocycles. The van der Waals surface area contributed by atoms with Gasteiger partial charge in [-0.3, -0.25) is 0 Å². The Morgan fingerprint density at radius 1 is 1.41 bits per heavy atom. The molecule has 1 aliphatic rings. The van der Waals surface area contributed by atoms with Gasteiger partial charge in [0.1, 0.15) is 11.9 Å². The lowest BCUT2D eigenvalue weighted by Gasteiger charge is -2.04. The second-order valence-electron chi connectivity index (χ2n) is 4.09. The topological polar surface area (TPSA) is 49.7 Å². The van der Waals surface area contributed by atoms with Crippen molar-refractivity contribution in [2.45, 2.75) is 25.7 Å². The summed E-state index contributed by atoms with van der Waals surface area (Å²) < 4.78 is 5.57. The van der Waals surface area contributed by atoms with Crippen LogP contribution in [0.4, 0.5) is 0 Å². The van der Waals surface area contributed by atoms with Crippen LogP contribution < -0.4 is 0 Å². The molecular formula is C14H16O3. The molecule has 0 saturated heterocycles. The fraction of sp³-hybridized carbons (Fsp3) is 0.286. The van der Waals surface area contributed by atoms with E-state index >= 15 is 0 Å². The molecule has 0 bridgehead atoms. The number of ether oxygens (including phenoxy) is 1. The van der Waals surface area contributed by atoms with Crippen molar-refractivity contribution in [2.24, 2.45) is 0 Å². The highest BCUT2D eigenvalue weighted by Gasteiger charge is 2.22. The number of hydrogen-bond acceptors (Lipinski definition) is 3. The number of hydrogen-bond donors (Lipinski definition) is 2. The van der Waals surface area contributed by atoms with E-state index in [1.807, 2.05) is 24.3 Å². The van der Waals surface area contributed by atoms with Crippen LogP contribution in [0, 0.1) is 0 Å². The Kier molecular flexibility index (Phi) is 3.61. The van der Waals surface area contributed by atoms with Crippen molar-refractivity contribution in [3.63, 3.8) is 0 Å². The van der Waals surface area contributed by atoms with Crippen LogP contribution in [0.15, 0.2) is 42.5 Å². The lowest BCUT2D eigenvalue weighted by molar-refractivity contribution is 0.0984. The van der Waals surface area contributed by atoms with Gasteiger partial charge in [0.05, 0.1) is 12.7 Å². The van der Waals surface area contributed by atoms with E-state index in [2.05, 4.69) is 0 Å². The molecule has 2 unspecified atom stereocenters. The molecule has 3 nitrogen and oxygen atoms in total. The van der Waals surface area contributed by atoms with Crippen LogP contribution >= 0.6 is 0 Å². The number of benzene rings is 1. The summed E-state index contributed by atoms with van der Waals surface area (Å²) in [5, 5.41) is 18.7. The Bertz CT molecular complexity index is 447. The summed E-state index contributed by atoms with van der Waals surface area (Å²) in [6.45, 7) is 2.14. The Morgan fingerprint density at radius 3 is 3.00 bits per heavy atom. The molecule has 0 spiro atoms. The number of rotatable bonds is 3. The summed E-state index contributed by atoms with van der Waals surface area (Å²) in [7, 11) is 0. The third-order valence-electron chi connectivity index (χ3n) is 2.69. The maximum absolute atomic E-state index is 9.64. The number of phenolic OH excluding ortho intramolecular Hbond substituents is 1. The zero-order valence-corrected chi connectivity index (χ0v) is 9.71. The zero-order chi connectivity index (χ0) is 12.3. The summed E-state index contributed by atoms with van der Waals surface area (Å²) in [5.74, 6) is 0.290. The van der Waals surface area contributed by atoms with Gasteiger partial charge in [-0.15, -0.1) is 0 Å². The van der Waals surface area contributed by atoms with Crippen molar-refractivity contribution >= 4 is 0 Å². The molecule has 2 atom stereocenters. The van der Waals surface area contributed by atoms with E-state index in [-0.39, 0.29) is 11.9 Å². The van der Waals surface area contributed by atoms with E-state index in [9.17, 15) is 5.11 Å². The van der Waals surface area contributed by atoms with E-state index in [4.69, 9.17) is 9.84 Å². The van der Waals surface area contributed by atoms with Gasteiger partial charge in [0, 0.05) is 5.56 Å². The SMILES string of the molecule is CC(O)/C=C/C=C/C1OCc2c(O)cccc21. The summed E-state index contributed by atoms with van der Waals surface area (Å²) in [6.07, 6.45) is 6.67. The summed E-state index contributed by atoms with van der Waals surface area (Å²) >= 11 is 0. The monoisotopic (exact) mass is 232 g/mol. The molecule has 1 heterocycles. The zero-order valence-electron chi connectivity index (χ0n) is 9.71. The van der Waals surface area contributed by atoms with Crippen LogP contribution in [-0.4, -0.2) is 16.3 Å². The molecule has 2 N–H and O–H groups in total. The molecule has 0 aliphatic carbocycles. The van der Waals surface area contributed by atoms with E-state index in [1.54, 1.807) is 25.1 Å². The quantitative estimate of drug-likeness (QED) is 0.787. The molecule has 1 aliphatic heterocycles. The third-order valence-corrected chi connectivity index (χ3v) is 2.69. The summed E-state index contributed by atoms with van der Waals surface area (Å²) in [6, 6.07) is 5.44. The maximum atomic E-state index is 9.64. The minimum Gasteiger partial charge on any atom is -0.508 e. The first-order valence-corrected chi connectivity index (χ1v) is 5.64. The van der Waals surface area contributed by atoms with Crippen LogP contribution in [0.25, 0.3) is 0 Å². The molecule has 2 rings (SSSR count). The Balaban J connectivity index is 2.10. The second kappa shape index (κ2) is 5.17. The molecule has 17 heavy (non-hydrogen) atoms. The van der Waals surface area contributed by atoms with Gasteiger partial charge in [-0.25, -0.2) is 0 Å². The third kappa shape index (κ3) is 2.75. The molecule has 0 saturated carbocycles. The molecule has 90 valence electrons. The average molecular weight is 232 g/mol. The number of fused-ring (bicyclic) bond motifs is 1. The fourth-order valence-electron chi connectivity index (χ4n) is 1.83. The number of allylic oxidation sites excluding steroid dienone is 2. The highest BCUT2D eigenvalue weighted by atomic mass is 16.5. The largest absolute Gasteiger partial charge is 0.508 e. The van der Waals surface area contributed by atoms with Crippen molar-refractivity contribution in [1.82, 2.24) is 0 Å². The summed E-state index contributed by atoms with van der Waals surface area (Å²) in [5.41, 5.74) is 1.87. The predicted octanol–water partition coefficient (Wildman–Crippen LogP) is 2.46. The molecule has 0 amide bonds. The predicted molar refractivity (Wildman–Crippen MR) is 65.6 cm³/mol. The van der Waals surface area contributed by atoms with Crippen molar-refractivity contribution in [2.75, 3.05) is 0 Å². The van der Waals surface area contributed by atoms with E-state index in [1.165, 1.54) is 0 Å². The van der Waals surface area contributed by atoms with Gasteiger partial charge >= 0.3 is 0 Å². The van der Waals surface area contributed by atoms with Crippen molar-refractivity contribution < 1.29 is 14.9 Å². The van der Waals surface area contributed by atoms with Crippen molar-refractivity contribution in [3.05, 3.63) is 53.6 Å². The molecule has 0 radical (unpaired) electrons. The molecule has 3 heteroatoms. The Labute approximate surface area is 101 Å². The number of phenols is 1. The lowest BCUT2D eigenvalue weighted by atomic mass is 10.0. The highest BCUT2D eigenvalue weighted by Crippen LogP contribution is 2.36. The first kappa shape index (κ1) is 11.9. The van der Waals surface area contributed by atoms with Gasteiger partial charge in [0.15, 0.2) is 0 Å². The van der Waals surface area contributed by atoms with Gasteiger partial charge in [0.25, 0.3) is 0 Å². The van der Waals surface area contributed by atoms with Gasteiger partial charge < -0.3 is 14.9 Å². The minimum atomic E-state index is -0.444. The molecule has 0 fully saturated rings. The van der Waals surface area contributed by atoms with E-state index < -0.39 is 6.10 Å². The smallest absolute Gasteiger partial charge is 0.121 e.